The minimum Gasteiger partial charge on any atom is -0.322 e. The zero-order valence-corrected chi connectivity index (χ0v) is 14.4. The van der Waals surface area contributed by atoms with Crippen LogP contribution in [-0.2, 0) is 6.42 Å². The molecule has 2 amide bonds. The van der Waals surface area contributed by atoms with E-state index in [1.54, 1.807) is 41.4 Å². The van der Waals surface area contributed by atoms with E-state index in [0.29, 0.717) is 17.8 Å². The maximum absolute atomic E-state index is 13.3. The second-order valence-electron chi connectivity index (χ2n) is 6.26. The smallest absolute Gasteiger partial charge is 0.259 e. The monoisotopic (exact) mass is 361 g/mol. The van der Waals surface area contributed by atoms with Crippen LogP contribution in [0.2, 0.25) is 0 Å². The number of rotatable bonds is 3. The Morgan fingerprint density at radius 3 is 2.67 bits per heavy atom. The zero-order chi connectivity index (χ0) is 18.8. The lowest BCUT2D eigenvalue weighted by molar-refractivity contribution is 0.0987. The highest BCUT2D eigenvalue weighted by molar-refractivity contribution is 6.08. The van der Waals surface area contributed by atoms with Crippen molar-refractivity contribution in [3.05, 3.63) is 89.5 Å². The Bertz CT molecular complexity index is 1020. The number of aromatic nitrogens is 1. The van der Waals surface area contributed by atoms with Crippen molar-refractivity contribution in [1.29, 1.82) is 0 Å². The van der Waals surface area contributed by atoms with Crippen LogP contribution in [0, 0.1) is 5.82 Å². The molecule has 4 rings (SSSR count). The predicted molar refractivity (Wildman–Crippen MR) is 100 cm³/mol. The molecule has 3 aromatic rings. The van der Waals surface area contributed by atoms with Gasteiger partial charge in [0, 0.05) is 35.9 Å². The second kappa shape index (κ2) is 6.99. The molecule has 1 aliphatic heterocycles. The highest BCUT2D eigenvalue weighted by atomic mass is 19.1. The number of hydrogen-bond donors (Lipinski definition) is 1. The van der Waals surface area contributed by atoms with E-state index in [4.69, 9.17) is 0 Å². The number of pyridine rings is 1. The van der Waals surface area contributed by atoms with E-state index in [1.165, 1.54) is 24.4 Å². The number of carbonyl (C=O) groups is 2. The first-order valence-electron chi connectivity index (χ1n) is 8.53. The van der Waals surface area contributed by atoms with Gasteiger partial charge in [-0.2, -0.15) is 0 Å². The Balaban J connectivity index is 1.58. The number of nitrogens with zero attached hydrogens (tertiary/aromatic N) is 2. The average molecular weight is 361 g/mol. The van der Waals surface area contributed by atoms with Gasteiger partial charge in [0.15, 0.2) is 0 Å². The molecule has 6 heteroatoms. The van der Waals surface area contributed by atoms with Crippen molar-refractivity contribution in [3.8, 4) is 0 Å². The van der Waals surface area contributed by atoms with Crippen molar-refractivity contribution in [1.82, 2.24) is 4.98 Å². The quantitative estimate of drug-likeness (QED) is 0.774. The van der Waals surface area contributed by atoms with E-state index in [1.807, 2.05) is 6.07 Å². The van der Waals surface area contributed by atoms with Crippen LogP contribution in [-0.4, -0.2) is 23.3 Å². The third-order valence-corrected chi connectivity index (χ3v) is 4.48. The predicted octanol–water partition coefficient (Wildman–Crippen LogP) is 3.68. The number of carbonyl (C=O) groups excluding carboxylic acids is 2. The molecule has 5 nitrogen and oxygen atoms in total. The van der Waals surface area contributed by atoms with E-state index in [2.05, 4.69) is 10.3 Å². The fourth-order valence-electron chi connectivity index (χ4n) is 3.15. The highest BCUT2D eigenvalue weighted by Gasteiger charge is 2.26. The van der Waals surface area contributed by atoms with Gasteiger partial charge >= 0.3 is 0 Å². The first-order valence-corrected chi connectivity index (χ1v) is 8.53. The van der Waals surface area contributed by atoms with Crippen LogP contribution in [0.5, 0.6) is 0 Å². The van der Waals surface area contributed by atoms with Crippen molar-refractivity contribution in [2.45, 2.75) is 6.42 Å². The number of fused-ring (bicyclic) bond motifs is 1. The fourth-order valence-corrected chi connectivity index (χ4v) is 3.15. The van der Waals surface area contributed by atoms with Crippen LogP contribution < -0.4 is 10.2 Å². The van der Waals surface area contributed by atoms with E-state index in [0.717, 1.165) is 17.7 Å². The summed E-state index contributed by atoms with van der Waals surface area (Å²) in [6.45, 7) is 0.574. The van der Waals surface area contributed by atoms with Crippen LogP contribution in [0.15, 0.2) is 67.0 Å². The molecule has 0 bridgehead atoms. The lowest BCUT2D eigenvalue weighted by Crippen LogP contribution is -2.29. The van der Waals surface area contributed by atoms with Gasteiger partial charge in [0.25, 0.3) is 11.8 Å². The van der Waals surface area contributed by atoms with Gasteiger partial charge in [-0.25, -0.2) is 4.39 Å². The summed E-state index contributed by atoms with van der Waals surface area (Å²) in [7, 11) is 0. The van der Waals surface area contributed by atoms with Gasteiger partial charge in [-0.1, -0.05) is 12.1 Å². The van der Waals surface area contributed by atoms with E-state index < -0.39 is 11.7 Å². The first kappa shape index (κ1) is 16.9. The largest absolute Gasteiger partial charge is 0.322 e. The number of nitrogens with one attached hydrogen (secondary N) is 1. The normalized spacial score (nSPS) is 12.6. The molecule has 0 aliphatic carbocycles. The third kappa shape index (κ3) is 3.42. The maximum atomic E-state index is 13.3. The molecular weight excluding hydrogens is 345 g/mol. The zero-order valence-electron chi connectivity index (χ0n) is 14.4. The van der Waals surface area contributed by atoms with Crippen LogP contribution in [0.4, 0.5) is 15.8 Å². The van der Waals surface area contributed by atoms with Crippen molar-refractivity contribution in [3.63, 3.8) is 0 Å². The van der Waals surface area contributed by atoms with Crippen LogP contribution in [0.1, 0.15) is 26.3 Å². The summed E-state index contributed by atoms with van der Waals surface area (Å²) >= 11 is 0. The van der Waals surface area contributed by atoms with Gasteiger partial charge in [-0.15, -0.1) is 0 Å². The molecule has 0 saturated heterocycles. The Hall–Kier alpha value is -3.54. The first-order chi connectivity index (χ1) is 13.1. The Labute approximate surface area is 155 Å². The summed E-state index contributed by atoms with van der Waals surface area (Å²) in [4.78, 5) is 30.8. The topological polar surface area (TPSA) is 62.3 Å². The van der Waals surface area contributed by atoms with Crippen LogP contribution in [0.3, 0.4) is 0 Å². The number of benzene rings is 2. The van der Waals surface area contributed by atoms with Gasteiger partial charge in [0.2, 0.25) is 0 Å². The molecular formula is C21H16FN3O2. The lowest BCUT2D eigenvalue weighted by atomic mass is 10.1. The van der Waals surface area contributed by atoms with Crippen molar-refractivity contribution >= 4 is 23.2 Å². The average Bonchev–Trinajstić information content (AvgIpc) is 3.11. The molecule has 134 valence electrons. The number of amides is 2. The summed E-state index contributed by atoms with van der Waals surface area (Å²) < 4.78 is 13.3. The lowest BCUT2D eigenvalue weighted by Gasteiger charge is -2.18. The molecule has 0 saturated carbocycles. The minimum atomic E-state index is -0.468. The molecule has 0 unspecified atom stereocenters. The summed E-state index contributed by atoms with van der Waals surface area (Å²) in [6, 6.07) is 14.4. The van der Waals surface area contributed by atoms with Gasteiger partial charge in [-0.3, -0.25) is 14.6 Å². The van der Waals surface area contributed by atoms with Crippen molar-refractivity contribution < 1.29 is 14.0 Å². The Morgan fingerprint density at radius 2 is 1.89 bits per heavy atom. The summed E-state index contributed by atoms with van der Waals surface area (Å²) in [5.41, 5.74) is 3.10. The molecule has 27 heavy (non-hydrogen) atoms. The Kier molecular flexibility index (Phi) is 4.38. The maximum Gasteiger partial charge on any atom is 0.259 e. The summed E-state index contributed by atoms with van der Waals surface area (Å²) in [6.07, 6.45) is 3.91. The van der Waals surface area contributed by atoms with E-state index in [9.17, 15) is 14.0 Å². The third-order valence-electron chi connectivity index (χ3n) is 4.48. The standard InChI is InChI=1S/C21H16FN3O2/c22-17-5-1-3-15(11-17)20(26)24-18-7-6-14-8-10-25(19(14)12-18)21(27)16-4-2-9-23-13-16/h1-7,9,11-13H,8,10H2,(H,24,26). The molecule has 1 aromatic heterocycles. The number of hydrogen-bond acceptors (Lipinski definition) is 3. The van der Waals surface area contributed by atoms with E-state index in [-0.39, 0.29) is 11.5 Å². The SMILES string of the molecule is O=C(Nc1ccc2c(c1)N(C(=O)c1cccnc1)CC2)c1cccc(F)c1. The number of anilines is 2. The molecule has 0 fully saturated rings. The van der Waals surface area contributed by atoms with Gasteiger partial charge in [0.1, 0.15) is 5.82 Å². The molecule has 0 radical (unpaired) electrons. The van der Waals surface area contributed by atoms with E-state index >= 15 is 0 Å². The van der Waals surface area contributed by atoms with Crippen LogP contribution >= 0.6 is 0 Å². The Morgan fingerprint density at radius 1 is 1.04 bits per heavy atom. The molecule has 0 spiro atoms. The van der Waals surface area contributed by atoms with Gasteiger partial charge < -0.3 is 10.2 Å². The molecule has 2 aromatic carbocycles. The summed E-state index contributed by atoms with van der Waals surface area (Å²) in [5, 5.41) is 2.76. The molecule has 0 atom stereocenters. The van der Waals surface area contributed by atoms with Crippen molar-refractivity contribution in [2.24, 2.45) is 0 Å². The second-order valence-corrected chi connectivity index (χ2v) is 6.26. The van der Waals surface area contributed by atoms with Gasteiger partial charge in [0.05, 0.1) is 5.56 Å². The molecule has 1 aliphatic rings. The summed E-state index contributed by atoms with van der Waals surface area (Å²) in [5.74, 6) is -1.00. The molecule has 2 heterocycles. The highest BCUT2D eigenvalue weighted by Crippen LogP contribution is 2.32. The molecule has 1 N–H and O–H groups in total. The van der Waals surface area contributed by atoms with Gasteiger partial charge in [-0.05, 0) is 54.4 Å². The fraction of sp³-hybridized carbons (Fsp3) is 0.0952. The number of halogens is 1. The van der Waals surface area contributed by atoms with Crippen LogP contribution in [0.25, 0.3) is 0 Å². The van der Waals surface area contributed by atoms with Crippen molar-refractivity contribution in [2.75, 3.05) is 16.8 Å². The minimum absolute atomic E-state index is 0.129.